The molecule has 1 unspecified atom stereocenters. The van der Waals surface area contributed by atoms with E-state index in [0.29, 0.717) is 0 Å². The first-order chi connectivity index (χ1) is 13.7. The lowest BCUT2D eigenvalue weighted by molar-refractivity contribution is 0.577. The number of aromatic amines is 1. The first kappa shape index (κ1) is 18.8. The van der Waals surface area contributed by atoms with Crippen LogP contribution in [-0.2, 0) is 18.7 Å². The molecule has 5 nitrogen and oxygen atoms in total. The van der Waals surface area contributed by atoms with Crippen molar-refractivity contribution in [3.8, 4) is 0 Å². The van der Waals surface area contributed by atoms with Crippen LogP contribution in [-0.4, -0.2) is 19.7 Å². The molecule has 0 spiro atoms. The number of aryl methyl sites for hydroxylation is 1. The van der Waals surface area contributed by atoms with E-state index in [1.54, 1.807) is 11.8 Å². The van der Waals surface area contributed by atoms with E-state index in [0.717, 1.165) is 35.2 Å². The van der Waals surface area contributed by atoms with E-state index in [-0.39, 0.29) is 6.04 Å². The number of benzene rings is 2. The highest BCUT2D eigenvalue weighted by Gasteiger charge is 2.19. The molecule has 4 aromatic rings. The number of nitrogens with one attached hydrogen (secondary N) is 1. The predicted octanol–water partition coefficient (Wildman–Crippen LogP) is 4.62. The second-order valence-corrected chi connectivity index (χ2v) is 7.98. The molecule has 0 amide bonds. The monoisotopic (exact) mass is 391 g/mol. The van der Waals surface area contributed by atoms with Crippen LogP contribution in [0.15, 0.2) is 59.9 Å². The van der Waals surface area contributed by atoms with Gasteiger partial charge in [0.2, 0.25) is 0 Å². The Kier molecular flexibility index (Phi) is 5.50. The van der Waals surface area contributed by atoms with Gasteiger partial charge in [0.1, 0.15) is 0 Å². The molecular weight excluding hydrogens is 366 g/mol. The molecular formula is C22H25N5S. The summed E-state index contributed by atoms with van der Waals surface area (Å²) in [5, 5.41) is 11.0. The van der Waals surface area contributed by atoms with E-state index in [9.17, 15) is 0 Å². The van der Waals surface area contributed by atoms with Crippen molar-refractivity contribution >= 4 is 22.7 Å². The van der Waals surface area contributed by atoms with Crippen molar-refractivity contribution < 1.29 is 0 Å². The zero-order chi connectivity index (χ0) is 19.5. The standard InChI is InChI=1S/C22H25N5S/c1-3-27-21(19(23)12-17-13-24-20-10-5-4-9-18(17)20)25-26-22(27)28-14-16-8-6-7-15(2)11-16/h4-11,13,19,24H,3,12,14,23H2,1-2H3. The highest BCUT2D eigenvalue weighted by Crippen LogP contribution is 2.26. The lowest BCUT2D eigenvalue weighted by atomic mass is 10.1. The molecule has 0 saturated carbocycles. The molecule has 0 radical (unpaired) electrons. The molecule has 28 heavy (non-hydrogen) atoms. The lowest BCUT2D eigenvalue weighted by Crippen LogP contribution is -2.19. The molecule has 3 N–H and O–H groups in total. The first-order valence-electron chi connectivity index (χ1n) is 9.57. The molecule has 2 aromatic heterocycles. The van der Waals surface area contributed by atoms with Gasteiger partial charge >= 0.3 is 0 Å². The minimum atomic E-state index is -0.194. The summed E-state index contributed by atoms with van der Waals surface area (Å²) in [6.45, 7) is 5.03. The van der Waals surface area contributed by atoms with Crippen molar-refractivity contribution in [2.24, 2.45) is 5.73 Å². The van der Waals surface area contributed by atoms with Gasteiger partial charge in [0.15, 0.2) is 11.0 Å². The van der Waals surface area contributed by atoms with Crippen molar-refractivity contribution in [3.05, 3.63) is 77.2 Å². The van der Waals surface area contributed by atoms with Crippen LogP contribution in [0.4, 0.5) is 0 Å². The third-order valence-corrected chi connectivity index (χ3v) is 6.00. The minimum absolute atomic E-state index is 0.194. The summed E-state index contributed by atoms with van der Waals surface area (Å²) in [6, 6.07) is 16.7. The quantitative estimate of drug-likeness (QED) is 0.451. The third kappa shape index (κ3) is 3.84. The summed E-state index contributed by atoms with van der Waals surface area (Å²) in [7, 11) is 0. The van der Waals surface area contributed by atoms with E-state index in [4.69, 9.17) is 5.73 Å². The average Bonchev–Trinajstić information content (AvgIpc) is 3.30. The Balaban J connectivity index is 1.51. The van der Waals surface area contributed by atoms with Crippen LogP contribution in [0.3, 0.4) is 0 Å². The number of thioether (sulfide) groups is 1. The number of nitrogens with zero attached hydrogens (tertiary/aromatic N) is 3. The van der Waals surface area contributed by atoms with Crippen LogP contribution in [0.5, 0.6) is 0 Å². The van der Waals surface area contributed by atoms with Crippen LogP contribution in [0.2, 0.25) is 0 Å². The normalized spacial score (nSPS) is 12.5. The van der Waals surface area contributed by atoms with E-state index >= 15 is 0 Å². The largest absolute Gasteiger partial charge is 0.361 e. The van der Waals surface area contributed by atoms with Gasteiger partial charge in [-0.1, -0.05) is 59.8 Å². The molecule has 4 rings (SSSR count). The predicted molar refractivity (Wildman–Crippen MR) is 115 cm³/mol. The van der Waals surface area contributed by atoms with E-state index in [1.807, 2.05) is 12.3 Å². The number of nitrogens with two attached hydrogens (primary N) is 1. The highest BCUT2D eigenvalue weighted by atomic mass is 32.2. The van der Waals surface area contributed by atoms with Gasteiger partial charge in [-0.05, 0) is 37.5 Å². The molecule has 6 heteroatoms. The Morgan fingerprint density at radius 3 is 2.82 bits per heavy atom. The maximum atomic E-state index is 6.55. The number of aromatic nitrogens is 4. The molecule has 144 valence electrons. The van der Waals surface area contributed by atoms with Gasteiger partial charge in [-0.2, -0.15) is 0 Å². The van der Waals surface area contributed by atoms with Gasteiger partial charge in [0, 0.05) is 29.4 Å². The van der Waals surface area contributed by atoms with Crippen LogP contribution in [0, 0.1) is 6.92 Å². The molecule has 0 aliphatic rings. The fraction of sp³-hybridized carbons (Fsp3) is 0.273. The molecule has 0 saturated heterocycles. The van der Waals surface area contributed by atoms with Crippen LogP contribution in [0.25, 0.3) is 10.9 Å². The molecule has 0 bridgehead atoms. The van der Waals surface area contributed by atoms with Gasteiger partial charge < -0.3 is 15.3 Å². The number of hydrogen-bond donors (Lipinski definition) is 2. The SMILES string of the molecule is CCn1c(SCc2cccc(C)c2)nnc1C(N)Cc1c[nH]c2ccccc12. The summed E-state index contributed by atoms with van der Waals surface area (Å²) >= 11 is 1.71. The zero-order valence-electron chi connectivity index (χ0n) is 16.2. The molecule has 2 aromatic carbocycles. The van der Waals surface area contributed by atoms with E-state index in [2.05, 4.69) is 76.1 Å². The Bertz CT molecular complexity index is 1080. The molecule has 0 aliphatic heterocycles. The van der Waals surface area contributed by atoms with Gasteiger partial charge in [0.05, 0.1) is 6.04 Å². The van der Waals surface area contributed by atoms with Crippen molar-refractivity contribution in [2.75, 3.05) is 0 Å². The van der Waals surface area contributed by atoms with Crippen LogP contribution in [0.1, 0.15) is 35.5 Å². The Labute approximate surface area is 169 Å². The summed E-state index contributed by atoms with van der Waals surface area (Å²) in [5.74, 6) is 1.72. The van der Waals surface area contributed by atoms with Crippen molar-refractivity contribution in [3.63, 3.8) is 0 Å². The minimum Gasteiger partial charge on any atom is -0.361 e. The zero-order valence-corrected chi connectivity index (χ0v) is 17.0. The van der Waals surface area contributed by atoms with Crippen LogP contribution < -0.4 is 5.73 Å². The Hall–Kier alpha value is -2.57. The fourth-order valence-corrected chi connectivity index (χ4v) is 4.51. The number of hydrogen-bond acceptors (Lipinski definition) is 4. The first-order valence-corrected chi connectivity index (χ1v) is 10.6. The fourth-order valence-electron chi connectivity index (χ4n) is 3.56. The maximum absolute atomic E-state index is 6.55. The van der Waals surface area contributed by atoms with Gasteiger partial charge in [-0.25, -0.2) is 0 Å². The number of fused-ring (bicyclic) bond motifs is 1. The van der Waals surface area contributed by atoms with Crippen LogP contribution >= 0.6 is 11.8 Å². The smallest absolute Gasteiger partial charge is 0.191 e. The summed E-state index contributed by atoms with van der Waals surface area (Å²) in [4.78, 5) is 3.32. The summed E-state index contributed by atoms with van der Waals surface area (Å²) < 4.78 is 2.14. The topological polar surface area (TPSA) is 72.5 Å². The van der Waals surface area contributed by atoms with E-state index < -0.39 is 0 Å². The molecule has 1 atom stereocenters. The molecule has 0 aliphatic carbocycles. The third-order valence-electron chi connectivity index (χ3n) is 4.96. The summed E-state index contributed by atoms with van der Waals surface area (Å²) in [5.41, 5.74) is 11.5. The maximum Gasteiger partial charge on any atom is 0.191 e. The van der Waals surface area contributed by atoms with Gasteiger partial charge in [-0.15, -0.1) is 10.2 Å². The number of rotatable bonds is 7. The van der Waals surface area contributed by atoms with E-state index in [1.165, 1.54) is 22.1 Å². The Morgan fingerprint density at radius 1 is 1.14 bits per heavy atom. The highest BCUT2D eigenvalue weighted by molar-refractivity contribution is 7.98. The number of H-pyrrole nitrogens is 1. The van der Waals surface area contributed by atoms with Crippen molar-refractivity contribution in [2.45, 2.75) is 43.8 Å². The summed E-state index contributed by atoms with van der Waals surface area (Å²) in [6.07, 6.45) is 2.77. The van der Waals surface area contributed by atoms with Gasteiger partial charge in [0.25, 0.3) is 0 Å². The van der Waals surface area contributed by atoms with Crippen molar-refractivity contribution in [1.29, 1.82) is 0 Å². The van der Waals surface area contributed by atoms with Crippen molar-refractivity contribution in [1.82, 2.24) is 19.7 Å². The molecule has 0 fully saturated rings. The Morgan fingerprint density at radius 2 is 2.00 bits per heavy atom. The second kappa shape index (κ2) is 8.20. The molecule has 2 heterocycles. The average molecular weight is 392 g/mol. The number of para-hydroxylation sites is 1. The van der Waals surface area contributed by atoms with Gasteiger partial charge in [-0.3, -0.25) is 0 Å². The second-order valence-electron chi connectivity index (χ2n) is 7.03. The lowest BCUT2D eigenvalue weighted by Gasteiger charge is -2.13.